The van der Waals surface area contributed by atoms with Crippen molar-refractivity contribution in [2.24, 2.45) is 0 Å². The van der Waals surface area contributed by atoms with Crippen LogP contribution in [0.15, 0.2) is 114 Å². The summed E-state index contributed by atoms with van der Waals surface area (Å²) in [7, 11) is 0. The van der Waals surface area contributed by atoms with E-state index in [2.05, 4.69) is 26.2 Å². The number of para-hydroxylation sites is 1. The molecule has 0 spiro atoms. The molecule has 2 amide bonds. The van der Waals surface area contributed by atoms with E-state index in [1.54, 1.807) is 59.3 Å². The van der Waals surface area contributed by atoms with Crippen LogP contribution in [0.3, 0.4) is 0 Å². The Morgan fingerprint density at radius 2 is 1.61 bits per heavy atom. The van der Waals surface area contributed by atoms with Crippen LogP contribution in [0.2, 0.25) is 10.0 Å². The Balaban J connectivity index is 1.34. The van der Waals surface area contributed by atoms with Gasteiger partial charge in [-0.15, -0.1) is 16.9 Å². The molecule has 4 aromatic carbocycles. The number of tetrazole rings is 1. The second-order valence-corrected chi connectivity index (χ2v) is 10.5. The Labute approximate surface area is 250 Å². The number of hydrogen-bond donors (Lipinski definition) is 2. The quantitative estimate of drug-likeness (QED) is 0.145. The average molecular weight is 602 g/mol. The minimum atomic E-state index is -0.527. The normalized spacial score (nSPS) is 11.2. The molecule has 1 aromatic heterocycles. The minimum absolute atomic E-state index is 0.00288. The number of benzene rings is 4. The van der Waals surface area contributed by atoms with Crippen LogP contribution in [0.1, 0.15) is 21.7 Å². The van der Waals surface area contributed by atoms with Crippen LogP contribution in [-0.4, -0.2) is 32.0 Å². The van der Waals surface area contributed by atoms with Crippen molar-refractivity contribution >= 4 is 58.5 Å². The summed E-state index contributed by atoms with van der Waals surface area (Å²) in [4.78, 5) is 27.2. The van der Waals surface area contributed by atoms with Gasteiger partial charge in [0.15, 0.2) is 5.82 Å². The Kier molecular flexibility index (Phi) is 9.10. The monoisotopic (exact) mass is 600 g/mol. The minimum Gasteiger partial charge on any atom is -0.321 e. The Hall–Kier alpha value is -4.44. The van der Waals surface area contributed by atoms with Crippen molar-refractivity contribution in [1.82, 2.24) is 25.5 Å². The summed E-state index contributed by atoms with van der Waals surface area (Å²) in [5, 5.41) is 18.2. The fourth-order valence-corrected chi connectivity index (χ4v) is 5.03. The first-order chi connectivity index (χ1) is 20.0. The summed E-state index contributed by atoms with van der Waals surface area (Å²) in [6.45, 7) is 0. The zero-order valence-electron chi connectivity index (χ0n) is 21.4. The summed E-state index contributed by atoms with van der Waals surface area (Å²) in [5.74, 6) is 0.221. The maximum atomic E-state index is 13.4. The molecule has 204 valence electrons. The second-order valence-electron chi connectivity index (χ2n) is 8.63. The fraction of sp³-hybridized carbons (Fsp3) is 0.0333. The zero-order valence-corrected chi connectivity index (χ0v) is 23.7. The molecule has 0 unspecified atom stereocenters. The van der Waals surface area contributed by atoms with Gasteiger partial charge in [0.2, 0.25) is 0 Å². The molecule has 0 saturated carbocycles. The summed E-state index contributed by atoms with van der Waals surface area (Å²) >= 11 is 14.1. The predicted octanol–water partition coefficient (Wildman–Crippen LogP) is 6.67. The maximum absolute atomic E-state index is 13.4. The maximum Gasteiger partial charge on any atom is 0.272 e. The lowest BCUT2D eigenvalue weighted by atomic mass is 10.1. The van der Waals surface area contributed by atoms with Gasteiger partial charge in [0, 0.05) is 16.1 Å². The lowest BCUT2D eigenvalue weighted by Gasteiger charge is -2.13. The first-order valence-electron chi connectivity index (χ1n) is 12.4. The number of halogens is 2. The number of thioether (sulfide) groups is 1. The van der Waals surface area contributed by atoms with Crippen LogP contribution >= 0.6 is 35.0 Å². The van der Waals surface area contributed by atoms with E-state index in [-0.39, 0.29) is 10.7 Å². The van der Waals surface area contributed by atoms with Crippen molar-refractivity contribution in [2.75, 3.05) is 5.32 Å². The molecule has 5 aromatic rings. The van der Waals surface area contributed by atoms with Crippen LogP contribution in [0.4, 0.5) is 5.69 Å². The third-order valence-electron chi connectivity index (χ3n) is 5.80. The van der Waals surface area contributed by atoms with Crippen molar-refractivity contribution in [2.45, 2.75) is 10.6 Å². The van der Waals surface area contributed by atoms with Gasteiger partial charge in [-0.25, -0.2) is 0 Å². The number of aromatic nitrogens is 4. The Morgan fingerprint density at radius 3 is 2.39 bits per heavy atom. The highest BCUT2D eigenvalue weighted by atomic mass is 35.5. The van der Waals surface area contributed by atoms with Gasteiger partial charge in [-0.2, -0.15) is 4.68 Å². The van der Waals surface area contributed by atoms with Crippen molar-refractivity contribution in [3.05, 3.63) is 136 Å². The molecule has 0 aliphatic rings. The molecule has 41 heavy (non-hydrogen) atoms. The van der Waals surface area contributed by atoms with E-state index >= 15 is 0 Å². The van der Waals surface area contributed by atoms with Gasteiger partial charge in [0.05, 0.1) is 21.5 Å². The van der Waals surface area contributed by atoms with Gasteiger partial charge in [-0.1, -0.05) is 77.8 Å². The molecule has 0 aliphatic carbocycles. The lowest BCUT2D eigenvalue weighted by Crippen LogP contribution is -2.30. The zero-order chi connectivity index (χ0) is 28.6. The van der Waals surface area contributed by atoms with E-state index in [0.717, 1.165) is 10.6 Å². The van der Waals surface area contributed by atoms with E-state index < -0.39 is 11.8 Å². The van der Waals surface area contributed by atoms with E-state index in [1.165, 1.54) is 17.8 Å². The Bertz CT molecular complexity index is 1710. The largest absolute Gasteiger partial charge is 0.321 e. The third kappa shape index (κ3) is 7.20. The third-order valence-corrected chi connectivity index (χ3v) is 7.63. The molecule has 1 heterocycles. The van der Waals surface area contributed by atoms with Crippen molar-refractivity contribution in [1.29, 1.82) is 0 Å². The first-order valence-corrected chi connectivity index (χ1v) is 14.1. The molecule has 0 atom stereocenters. The van der Waals surface area contributed by atoms with Crippen LogP contribution in [0, 0.1) is 0 Å². The number of hydrogen-bond acceptors (Lipinski definition) is 6. The van der Waals surface area contributed by atoms with Crippen molar-refractivity contribution in [3.63, 3.8) is 0 Å². The molecule has 8 nitrogen and oxygen atoms in total. The molecule has 0 saturated heterocycles. The lowest BCUT2D eigenvalue weighted by molar-refractivity contribution is -0.113. The highest BCUT2D eigenvalue weighted by Crippen LogP contribution is 2.28. The van der Waals surface area contributed by atoms with E-state index in [9.17, 15) is 9.59 Å². The van der Waals surface area contributed by atoms with Gasteiger partial charge in [0.25, 0.3) is 11.8 Å². The number of amides is 2. The molecular weight excluding hydrogens is 579 g/mol. The summed E-state index contributed by atoms with van der Waals surface area (Å²) in [6.07, 6.45) is 1.49. The van der Waals surface area contributed by atoms with Gasteiger partial charge >= 0.3 is 0 Å². The molecule has 2 N–H and O–H groups in total. The number of nitrogens with zero attached hydrogens (tertiary/aromatic N) is 4. The molecule has 0 bridgehead atoms. The summed E-state index contributed by atoms with van der Waals surface area (Å²) in [5.41, 5.74) is 2.30. The van der Waals surface area contributed by atoms with E-state index in [0.29, 0.717) is 33.4 Å². The molecule has 0 fully saturated rings. The van der Waals surface area contributed by atoms with Crippen molar-refractivity contribution in [3.8, 4) is 5.69 Å². The van der Waals surface area contributed by atoms with Gasteiger partial charge in [-0.3, -0.25) is 9.59 Å². The topological polar surface area (TPSA) is 102 Å². The standard InChI is InChI=1S/C30H22Cl2N6O2S/c31-25-16-7-11-21(28(25)32)17-26(34-29(39)20-9-3-1-4-10-20)30(40)33-22-12-8-15-24(18-22)41-19-27-35-36-37-38(27)23-13-5-2-6-14-23/h1-18H,19H2,(H,33,40)(H,34,39)/b26-17+. The summed E-state index contributed by atoms with van der Waals surface area (Å²) in [6, 6.07) is 30.7. The van der Waals surface area contributed by atoms with Gasteiger partial charge < -0.3 is 10.6 Å². The fourth-order valence-electron chi connectivity index (χ4n) is 3.81. The van der Waals surface area contributed by atoms with Crippen molar-refractivity contribution < 1.29 is 9.59 Å². The smallest absolute Gasteiger partial charge is 0.272 e. The second kappa shape index (κ2) is 13.3. The highest BCUT2D eigenvalue weighted by Gasteiger charge is 2.17. The number of anilines is 1. The molecule has 11 heteroatoms. The van der Waals surface area contributed by atoms with Crippen LogP contribution in [0.25, 0.3) is 11.8 Å². The molecule has 0 aliphatic heterocycles. The van der Waals surface area contributed by atoms with Gasteiger partial charge in [0.1, 0.15) is 5.70 Å². The number of nitrogens with one attached hydrogen (secondary N) is 2. The van der Waals surface area contributed by atoms with E-state index in [4.69, 9.17) is 23.2 Å². The van der Waals surface area contributed by atoms with Gasteiger partial charge in [-0.05, 0) is 70.6 Å². The van der Waals surface area contributed by atoms with E-state index in [1.807, 2.05) is 48.5 Å². The van der Waals surface area contributed by atoms with Crippen LogP contribution in [-0.2, 0) is 10.5 Å². The number of carbonyl (C=O) groups excluding carboxylic acids is 2. The predicted molar refractivity (Wildman–Crippen MR) is 162 cm³/mol. The first kappa shape index (κ1) is 28.1. The number of carbonyl (C=O) groups is 2. The summed E-state index contributed by atoms with van der Waals surface area (Å²) < 4.78 is 1.69. The molecule has 0 radical (unpaired) electrons. The highest BCUT2D eigenvalue weighted by molar-refractivity contribution is 7.98. The SMILES string of the molecule is O=C(Nc1cccc(SCc2nnnn2-c2ccccc2)c1)/C(=C\c1cccc(Cl)c1Cl)NC(=O)c1ccccc1. The molecular formula is C30H22Cl2N6O2S. The molecule has 5 rings (SSSR count). The van der Waals surface area contributed by atoms with Crippen LogP contribution in [0.5, 0.6) is 0 Å². The average Bonchev–Trinajstić information content (AvgIpc) is 3.48. The van der Waals surface area contributed by atoms with Crippen LogP contribution < -0.4 is 10.6 Å². The Morgan fingerprint density at radius 1 is 0.878 bits per heavy atom. The number of rotatable bonds is 9.